The van der Waals surface area contributed by atoms with Gasteiger partial charge in [0.2, 0.25) is 0 Å². The van der Waals surface area contributed by atoms with Crippen molar-refractivity contribution < 1.29 is 14.4 Å². The van der Waals surface area contributed by atoms with E-state index in [4.69, 9.17) is 14.4 Å². The Bertz CT molecular complexity index is 255. The van der Waals surface area contributed by atoms with Gasteiger partial charge >= 0.3 is 8.25 Å². The molecule has 14 heavy (non-hydrogen) atoms. The van der Waals surface area contributed by atoms with E-state index < -0.39 is 8.25 Å². The van der Waals surface area contributed by atoms with Crippen LogP contribution in [0.3, 0.4) is 0 Å². The third kappa shape index (κ3) is 9.46. The molecule has 0 saturated carbocycles. The van der Waals surface area contributed by atoms with E-state index >= 15 is 0 Å². The lowest BCUT2D eigenvalue weighted by Gasteiger charge is -2.02. The van der Waals surface area contributed by atoms with Crippen LogP contribution in [0.5, 0.6) is 0 Å². The Hall–Kier alpha value is -0.630. The van der Waals surface area contributed by atoms with Crippen molar-refractivity contribution in [2.75, 3.05) is 0 Å². The maximum absolute atomic E-state index is 8.74. The zero-order valence-corrected chi connectivity index (χ0v) is 9.47. The van der Waals surface area contributed by atoms with Crippen LogP contribution in [-0.4, -0.2) is 9.79 Å². The predicted molar refractivity (Wildman–Crippen MR) is 58.4 cm³/mol. The van der Waals surface area contributed by atoms with Crippen molar-refractivity contribution >= 4 is 8.25 Å². The van der Waals surface area contributed by atoms with Gasteiger partial charge in [0.1, 0.15) is 0 Å². The quantitative estimate of drug-likeness (QED) is 0.745. The highest BCUT2D eigenvalue weighted by Crippen LogP contribution is 2.06. The van der Waals surface area contributed by atoms with Gasteiger partial charge < -0.3 is 9.79 Å². The van der Waals surface area contributed by atoms with Gasteiger partial charge in [-0.3, -0.25) is 4.57 Å². The first-order valence-electron chi connectivity index (χ1n) is 4.48. The molecule has 80 valence electrons. The molecule has 0 aromatic heterocycles. The van der Waals surface area contributed by atoms with Crippen LogP contribution >= 0.6 is 8.25 Å². The second-order valence-electron chi connectivity index (χ2n) is 3.37. The molecule has 0 radical (unpaired) electrons. The lowest BCUT2D eigenvalue weighted by Crippen LogP contribution is -1.92. The molecule has 1 rings (SSSR count). The molecule has 0 saturated heterocycles. The smallest absolute Gasteiger partial charge is 0.314 e. The van der Waals surface area contributed by atoms with Crippen LogP contribution < -0.4 is 0 Å². The lowest BCUT2D eigenvalue weighted by molar-refractivity contribution is 0.405. The molecule has 0 spiro atoms. The van der Waals surface area contributed by atoms with Crippen LogP contribution in [0.15, 0.2) is 30.3 Å². The molecule has 1 aromatic rings. The maximum Gasteiger partial charge on any atom is 0.314 e. The zero-order valence-electron chi connectivity index (χ0n) is 8.47. The van der Waals surface area contributed by atoms with Gasteiger partial charge in [-0.2, -0.15) is 0 Å². The number of hydrogen-bond acceptors (Lipinski definition) is 1. The minimum absolute atomic E-state index is 0.766. The van der Waals surface area contributed by atoms with Crippen LogP contribution in [0.2, 0.25) is 0 Å². The minimum atomic E-state index is -3.13. The summed E-state index contributed by atoms with van der Waals surface area (Å²) in [6.45, 7) is 4.49. The molecule has 0 heterocycles. The van der Waals surface area contributed by atoms with Crippen molar-refractivity contribution in [3.05, 3.63) is 35.9 Å². The SMILES string of the molecule is CC(C)Cc1ccccc1.O=[PH](O)O. The average Bonchev–Trinajstić information content (AvgIpc) is 2.03. The highest BCUT2D eigenvalue weighted by molar-refractivity contribution is 7.30. The Morgan fingerprint density at radius 3 is 2.00 bits per heavy atom. The Morgan fingerprint density at radius 2 is 1.64 bits per heavy atom. The molecule has 4 heteroatoms. The standard InChI is InChI=1S/C10H14.H3O3P/c1-9(2)8-10-6-4-3-5-7-10;1-4(2)3/h3-7,9H,8H2,1-2H3;4H,(H2,1,2,3). The molecule has 2 N–H and O–H groups in total. The topological polar surface area (TPSA) is 57.5 Å². The summed E-state index contributed by atoms with van der Waals surface area (Å²) in [5.74, 6) is 0.766. The summed E-state index contributed by atoms with van der Waals surface area (Å²) in [6, 6.07) is 10.6. The van der Waals surface area contributed by atoms with Gasteiger partial charge in [-0.05, 0) is 17.9 Å². The fourth-order valence-corrected chi connectivity index (χ4v) is 1.09. The molecule has 0 aliphatic carbocycles. The van der Waals surface area contributed by atoms with E-state index in [1.165, 1.54) is 12.0 Å². The van der Waals surface area contributed by atoms with Crippen LogP contribution in [0.25, 0.3) is 0 Å². The molecule has 0 unspecified atom stereocenters. The van der Waals surface area contributed by atoms with E-state index in [9.17, 15) is 0 Å². The van der Waals surface area contributed by atoms with Crippen LogP contribution in [0, 0.1) is 5.92 Å². The van der Waals surface area contributed by atoms with Crippen LogP contribution in [0.1, 0.15) is 19.4 Å². The largest absolute Gasteiger partial charge is 0.326 e. The molecular formula is C10H17O3P. The molecule has 0 atom stereocenters. The van der Waals surface area contributed by atoms with Gasteiger partial charge in [0.15, 0.2) is 0 Å². The number of hydrogen-bond donors (Lipinski definition) is 2. The highest BCUT2D eigenvalue weighted by Gasteiger charge is 1.94. The Morgan fingerprint density at radius 1 is 1.21 bits per heavy atom. The fourth-order valence-electron chi connectivity index (χ4n) is 1.09. The highest BCUT2D eigenvalue weighted by atomic mass is 31.1. The van der Waals surface area contributed by atoms with E-state index in [0.29, 0.717) is 0 Å². The third-order valence-electron chi connectivity index (χ3n) is 1.49. The first-order valence-corrected chi connectivity index (χ1v) is 5.78. The Balaban J connectivity index is 0.000000364. The molecule has 0 amide bonds. The molecular weight excluding hydrogens is 199 g/mol. The third-order valence-corrected chi connectivity index (χ3v) is 1.49. The summed E-state index contributed by atoms with van der Waals surface area (Å²) in [6.07, 6.45) is 1.20. The summed E-state index contributed by atoms with van der Waals surface area (Å²) >= 11 is 0. The van der Waals surface area contributed by atoms with Crippen molar-refractivity contribution in [1.29, 1.82) is 0 Å². The van der Waals surface area contributed by atoms with E-state index in [2.05, 4.69) is 44.2 Å². The second kappa shape index (κ2) is 7.74. The first kappa shape index (κ1) is 13.4. The summed E-state index contributed by atoms with van der Waals surface area (Å²) in [5, 5.41) is 0. The van der Waals surface area contributed by atoms with Gasteiger partial charge in [-0.25, -0.2) is 0 Å². The van der Waals surface area contributed by atoms with Gasteiger partial charge in [-0.15, -0.1) is 0 Å². The van der Waals surface area contributed by atoms with E-state index in [-0.39, 0.29) is 0 Å². The zero-order chi connectivity index (χ0) is 11.0. The Labute approximate surface area is 85.4 Å². The molecule has 0 fully saturated rings. The van der Waals surface area contributed by atoms with Crippen molar-refractivity contribution in [2.45, 2.75) is 20.3 Å². The van der Waals surface area contributed by atoms with Crippen molar-refractivity contribution in [1.82, 2.24) is 0 Å². The normalized spacial score (nSPS) is 9.86. The number of benzene rings is 1. The minimum Gasteiger partial charge on any atom is -0.326 e. The summed E-state index contributed by atoms with van der Waals surface area (Å²) in [4.78, 5) is 14.3. The first-order chi connectivity index (χ1) is 6.52. The summed E-state index contributed by atoms with van der Waals surface area (Å²) in [7, 11) is -3.13. The maximum atomic E-state index is 8.74. The molecule has 3 nitrogen and oxygen atoms in total. The van der Waals surface area contributed by atoms with Gasteiger partial charge in [0.05, 0.1) is 0 Å². The monoisotopic (exact) mass is 216 g/mol. The molecule has 0 aliphatic heterocycles. The molecule has 0 bridgehead atoms. The fraction of sp³-hybridized carbons (Fsp3) is 0.400. The summed E-state index contributed by atoms with van der Waals surface area (Å²) < 4.78 is 8.74. The van der Waals surface area contributed by atoms with Crippen molar-refractivity contribution in [3.8, 4) is 0 Å². The molecule has 1 aromatic carbocycles. The predicted octanol–water partition coefficient (Wildman–Crippen LogP) is 2.25. The van der Waals surface area contributed by atoms with Gasteiger partial charge in [-0.1, -0.05) is 44.2 Å². The van der Waals surface area contributed by atoms with Crippen LogP contribution in [0.4, 0.5) is 0 Å². The molecule has 0 aliphatic rings. The second-order valence-corrected chi connectivity index (χ2v) is 3.93. The van der Waals surface area contributed by atoms with E-state index in [1.54, 1.807) is 0 Å². The van der Waals surface area contributed by atoms with Crippen molar-refractivity contribution in [2.24, 2.45) is 5.92 Å². The Kier molecular flexibility index (Phi) is 7.40. The summed E-state index contributed by atoms with van der Waals surface area (Å²) in [5.41, 5.74) is 1.44. The number of rotatable bonds is 2. The van der Waals surface area contributed by atoms with Crippen molar-refractivity contribution in [3.63, 3.8) is 0 Å². The van der Waals surface area contributed by atoms with E-state index in [0.717, 1.165) is 5.92 Å². The van der Waals surface area contributed by atoms with Gasteiger partial charge in [0.25, 0.3) is 0 Å². The average molecular weight is 216 g/mol. The lowest BCUT2D eigenvalue weighted by atomic mass is 10.0. The van der Waals surface area contributed by atoms with Crippen LogP contribution in [-0.2, 0) is 11.0 Å². The van der Waals surface area contributed by atoms with Gasteiger partial charge in [0, 0.05) is 0 Å². The van der Waals surface area contributed by atoms with E-state index in [1.807, 2.05) is 0 Å².